The molecule has 0 aromatic carbocycles. The van der Waals surface area contributed by atoms with E-state index < -0.39 is 9.05 Å². The highest BCUT2D eigenvalue weighted by Gasteiger charge is 2.14. The summed E-state index contributed by atoms with van der Waals surface area (Å²) in [5.74, 6) is 0.0953. The molecule has 0 aliphatic heterocycles. The molecule has 1 aliphatic carbocycles. The molecule has 0 aromatic heterocycles. The van der Waals surface area contributed by atoms with Crippen LogP contribution in [0.4, 0.5) is 0 Å². The zero-order valence-electron chi connectivity index (χ0n) is 9.66. The average Bonchev–Trinajstić information content (AvgIpc) is 2.67. The van der Waals surface area contributed by atoms with Crippen LogP contribution in [0.3, 0.4) is 0 Å². The minimum atomic E-state index is -3.29. The van der Waals surface area contributed by atoms with Crippen LogP contribution in [0.15, 0.2) is 0 Å². The molecule has 0 heterocycles. The van der Waals surface area contributed by atoms with Crippen LogP contribution in [-0.4, -0.2) is 26.9 Å². The lowest BCUT2D eigenvalue weighted by atomic mass is 10.2. The molecule has 0 radical (unpaired) electrons. The van der Waals surface area contributed by atoms with E-state index in [0.29, 0.717) is 12.5 Å². The monoisotopic (exact) mass is 268 g/mol. The molecular formula is C11H21ClO3S. The Bertz CT molecular complexity index is 271. The Hall–Kier alpha value is 0.200. The second-order valence-electron chi connectivity index (χ2n) is 4.43. The van der Waals surface area contributed by atoms with Crippen molar-refractivity contribution in [3.63, 3.8) is 0 Å². The molecule has 96 valence electrons. The van der Waals surface area contributed by atoms with Crippen molar-refractivity contribution in [2.75, 3.05) is 12.4 Å². The molecule has 0 atom stereocenters. The maximum Gasteiger partial charge on any atom is 0.232 e. The van der Waals surface area contributed by atoms with Crippen molar-refractivity contribution in [3.8, 4) is 0 Å². The minimum absolute atomic E-state index is 0.0953. The predicted octanol–water partition coefficient (Wildman–Crippen LogP) is 3.07. The van der Waals surface area contributed by atoms with Gasteiger partial charge in [-0.25, -0.2) is 8.42 Å². The van der Waals surface area contributed by atoms with Gasteiger partial charge in [0.1, 0.15) is 0 Å². The number of unbranched alkanes of at least 4 members (excludes halogenated alkanes) is 3. The van der Waals surface area contributed by atoms with Crippen LogP contribution in [0.5, 0.6) is 0 Å². The number of ether oxygens (including phenoxy) is 1. The summed E-state index contributed by atoms with van der Waals surface area (Å²) in [6, 6.07) is 0. The molecule has 0 spiro atoms. The molecule has 5 heteroatoms. The Morgan fingerprint density at radius 1 is 1.06 bits per heavy atom. The summed E-state index contributed by atoms with van der Waals surface area (Å²) < 4.78 is 27.0. The van der Waals surface area contributed by atoms with Crippen molar-refractivity contribution in [2.24, 2.45) is 0 Å². The smallest absolute Gasteiger partial charge is 0.232 e. The van der Waals surface area contributed by atoms with E-state index in [0.717, 1.165) is 25.9 Å². The number of halogens is 1. The molecule has 1 rings (SSSR count). The molecule has 1 aliphatic rings. The van der Waals surface area contributed by atoms with Gasteiger partial charge >= 0.3 is 0 Å². The van der Waals surface area contributed by atoms with E-state index in [1.807, 2.05) is 0 Å². The summed E-state index contributed by atoms with van der Waals surface area (Å²) in [7, 11) is 1.82. The largest absolute Gasteiger partial charge is 0.378 e. The van der Waals surface area contributed by atoms with Crippen LogP contribution < -0.4 is 0 Å². The van der Waals surface area contributed by atoms with Crippen molar-refractivity contribution in [1.82, 2.24) is 0 Å². The van der Waals surface area contributed by atoms with Crippen LogP contribution in [0.2, 0.25) is 0 Å². The summed E-state index contributed by atoms with van der Waals surface area (Å²) in [4.78, 5) is 0. The minimum Gasteiger partial charge on any atom is -0.378 e. The lowest BCUT2D eigenvalue weighted by Crippen LogP contribution is -2.08. The summed E-state index contributed by atoms with van der Waals surface area (Å²) in [5.41, 5.74) is 0. The van der Waals surface area contributed by atoms with Gasteiger partial charge < -0.3 is 4.74 Å². The molecule has 16 heavy (non-hydrogen) atoms. The first kappa shape index (κ1) is 14.3. The summed E-state index contributed by atoms with van der Waals surface area (Å²) in [6.45, 7) is 0.818. The number of hydrogen-bond acceptors (Lipinski definition) is 3. The third-order valence-corrected chi connectivity index (χ3v) is 4.18. The van der Waals surface area contributed by atoms with Crippen molar-refractivity contribution >= 4 is 19.7 Å². The van der Waals surface area contributed by atoms with Crippen LogP contribution in [0.1, 0.15) is 51.4 Å². The van der Waals surface area contributed by atoms with Crippen molar-refractivity contribution < 1.29 is 13.2 Å². The fraction of sp³-hybridized carbons (Fsp3) is 1.00. The third kappa shape index (κ3) is 7.47. The van der Waals surface area contributed by atoms with E-state index in [1.165, 1.54) is 25.7 Å². The van der Waals surface area contributed by atoms with Crippen molar-refractivity contribution in [3.05, 3.63) is 0 Å². The fourth-order valence-electron chi connectivity index (χ4n) is 2.04. The van der Waals surface area contributed by atoms with Crippen molar-refractivity contribution in [2.45, 2.75) is 57.5 Å². The second-order valence-corrected chi connectivity index (χ2v) is 7.33. The van der Waals surface area contributed by atoms with Gasteiger partial charge in [0.15, 0.2) is 0 Å². The van der Waals surface area contributed by atoms with E-state index in [-0.39, 0.29) is 5.75 Å². The van der Waals surface area contributed by atoms with E-state index in [4.69, 9.17) is 15.4 Å². The van der Waals surface area contributed by atoms with Gasteiger partial charge in [-0.2, -0.15) is 0 Å². The van der Waals surface area contributed by atoms with Gasteiger partial charge in [0.25, 0.3) is 0 Å². The lowest BCUT2D eigenvalue weighted by molar-refractivity contribution is 0.0557. The Kier molecular flexibility index (Phi) is 6.70. The molecule has 0 unspecified atom stereocenters. The van der Waals surface area contributed by atoms with E-state index in [9.17, 15) is 8.42 Å². The first-order chi connectivity index (χ1) is 7.58. The van der Waals surface area contributed by atoms with Gasteiger partial charge in [-0.3, -0.25) is 0 Å². The summed E-state index contributed by atoms with van der Waals surface area (Å²) in [6.07, 6.45) is 9.15. The molecule has 3 nitrogen and oxygen atoms in total. The van der Waals surface area contributed by atoms with Gasteiger partial charge in [-0.05, 0) is 25.7 Å². The molecule has 1 fully saturated rings. The molecule has 0 amide bonds. The molecular weight excluding hydrogens is 248 g/mol. The normalized spacial score (nSPS) is 18.1. The highest BCUT2D eigenvalue weighted by Crippen LogP contribution is 2.21. The first-order valence-electron chi connectivity index (χ1n) is 6.12. The van der Waals surface area contributed by atoms with Crippen LogP contribution >= 0.6 is 10.7 Å². The highest BCUT2D eigenvalue weighted by molar-refractivity contribution is 8.13. The lowest BCUT2D eigenvalue weighted by Gasteiger charge is -2.10. The number of hydrogen-bond donors (Lipinski definition) is 0. The Labute approximate surface area is 103 Å². The quantitative estimate of drug-likeness (QED) is 0.502. The second kappa shape index (κ2) is 7.51. The van der Waals surface area contributed by atoms with Gasteiger partial charge in [0, 0.05) is 17.3 Å². The molecule has 0 N–H and O–H groups in total. The average molecular weight is 269 g/mol. The fourth-order valence-corrected chi connectivity index (χ4v) is 2.91. The van der Waals surface area contributed by atoms with Crippen LogP contribution in [-0.2, 0) is 13.8 Å². The van der Waals surface area contributed by atoms with E-state index in [1.54, 1.807) is 0 Å². The zero-order valence-corrected chi connectivity index (χ0v) is 11.2. The molecule has 1 saturated carbocycles. The van der Waals surface area contributed by atoms with Crippen molar-refractivity contribution in [1.29, 1.82) is 0 Å². The van der Waals surface area contributed by atoms with Gasteiger partial charge in [-0.15, -0.1) is 0 Å². The van der Waals surface area contributed by atoms with E-state index in [2.05, 4.69) is 0 Å². The van der Waals surface area contributed by atoms with Gasteiger partial charge in [0.05, 0.1) is 11.9 Å². The topological polar surface area (TPSA) is 43.4 Å². The molecule has 0 saturated heterocycles. The van der Waals surface area contributed by atoms with Gasteiger partial charge in [0.2, 0.25) is 9.05 Å². The maximum atomic E-state index is 10.6. The van der Waals surface area contributed by atoms with E-state index >= 15 is 0 Å². The number of rotatable bonds is 8. The highest BCUT2D eigenvalue weighted by atomic mass is 35.7. The zero-order chi connectivity index (χ0) is 11.9. The van der Waals surface area contributed by atoms with Crippen LogP contribution in [0, 0.1) is 0 Å². The molecule has 0 bridgehead atoms. The standard InChI is InChI=1S/C11H21ClO3S/c12-16(13,14)10-6-2-1-5-9-15-11-7-3-4-8-11/h11H,1-10H2. The SMILES string of the molecule is O=S(=O)(Cl)CCCCCCOC1CCCC1. The summed E-state index contributed by atoms with van der Waals surface area (Å²) in [5, 5.41) is 0. The Morgan fingerprint density at radius 3 is 2.31 bits per heavy atom. The molecule has 0 aromatic rings. The van der Waals surface area contributed by atoms with Crippen LogP contribution in [0.25, 0.3) is 0 Å². The Morgan fingerprint density at radius 2 is 1.69 bits per heavy atom. The van der Waals surface area contributed by atoms with Gasteiger partial charge in [-0.1, -0.05) is 25.7 Å². The first-order valence-corrected chi connectivity index (χ1v) is 8.60. The maximum absolute atomic E-state index is 10.6. The Balaban J connectivity index is 1.84. The predicted molar refractivity (Wildman–Crippen MR) is 66.3 cm³/mol. The summed E-state index contributed by atoms with van der Waals surface area (Å²) >= 11 is 0. The third-order valence-electron chi connectivity index (χ3n) is 2.94.